The molecular weight excluding hydrogens is 667 g/mol. The summed E-state index contributed by atoms with van der Waals surface area (Å²) in [4.78, 5) is 13.1. The minimum atomic E-state index is -2.27. The molecule has 5 aromatic heterocycles. The molecule has 7 aromatic rings. The quantitative estimate of drug-likeness (QED) is 0.171. The third-order valence-electron chi connectivity index (χ3n) is 6.11. The van der Waals surface area contributed by atoms with Gasteiger partial charge in [0.05, 0.1) is 10.3 Å². The van der Waals surface area contributed by atoms with Gasteiger partial charge in [0, 0.05) is 47.7 Å². The Bertz CT molecular complexity index is 1970. The molecule has 0 aliphatic rings. The fourth-order valence-electron chi connectivity index (χ4n) is 4.19. The molecule has 1 radical (unpaired) electrons. The first-order valence-electron chi connectivity index (χ1n) is 13.3. The molecule has 189 valence electrons. The molecule has 0 aliphatic carbocycles. The van der Waals surface area contributed by atoms with Crippen LogP contribution in [0.2, 0.25) is 0 Å². The molecule has 7 rings (SSSR count). The zero-order chi connectivity index (χ0) is 27.9. The first-order chi connectivity index (χ1) is 19.3. The molecular formula is C32H23IrN3OS-2. The normalized spacial score (nSPS) is 12.3. The van der Waals surface area contributed by atoms with E-state index in [0.29, 0.717) is 11.3 Å². The minimum Gasteiger partial charge on any atom is -0.486 e. The average molecular weight is 693 g/mol. The second-order valence-electron chi connectivity index (χ2n) is 8.73. The van der Waals surface area contributed by atoms with E-state index in [0.717, 1.165) is 43.4 Å². The second-order valence-corrected chi connectivity index (χ2v) is 9.64. The summed E-state index contributed by atoms with van der Waals surface area (Å²) in [7, 11) is 0. The van der Waals surface area contributed by atoms with Gasteiger partial charge in [-0.3, -0.25) is 0 Å². The van der Waals surface area contributed by atoms with Crippen molar-refractivity contribution < 1.29 is 28.6 Å². The van der Waals surface area contributed by atoms with Crippen molar-refractivity contribution in [2.75, 3.05) is 0 Å². The van der Waals surface area contributed by atoms with Crippen molar-refractivity contribution in [3.05, 3.63) is 113 Å². The largest absolute Gasteiger partial charge is 0.486 e. The second kappa shape index (κ2) is 11.0. The summed E-state index contributed by atoms with van der Waals surface area (Å²) in [5.41, 5.74) is 6.87. The summed E-state index contributed by atoms with van der Waals surface area (Å²) in [6, 6.07) is 27.3. The molecule has 0 saturated heterocycles. The van der Waals surface area contributed by atoms with Crippen LogP contribution in [0.1, 0.15) is 20.9 Å². The van der Waals surface area contributed by atoms with Crippen LogP contribution in [0.5, 0.6) is 0 Å². The number of rotatable bonds is 2. The predicted octanol–water partition coefficient (Wildman–Crippen LogP) is 8.53. The van der Waals surface area contributed by atoms with Gasteiger partial charge in [-0.2, -0.15) is 0 Å². The maximum atomic E-state index is 7.55. The molecule has 0 spiro atoms. The fourth-order valence-corrected chi connectivity index (χ4v) is 5.08. The topological polar surface area (TPSA) is 51.8 Å². The van der Waals surface area contributed by atoms with Gasteiger partial charge in [0.2, 0.25) is 5.71 Å². The number of fused-ring (bicyclic) bond motifs is 4. The first-order valence-corrected chi connectivity index (χ1v) is 12.6. The monoisotopic (exact) mass is 693 g/mol. The van der Waals surface area contributed by atoms with Crippen LogP contribution in [0.4, 0.5) is 0 Å². The maximum Gasteiger partial charge on any atom is 0.216 e. The van der Waals surface area contributed by atoms with E-state index in [-0.39, 0.29) is 25.8 Å². The molecule has 0 aliphatic heterocycles. The van der Waals surface area contributed by atoms with Gasteiger partial charge < -0.3 is 14.4 Å². The molecule has 0 unspecified atom stereocenters. The van der Waals surface area contributed by atoms with E-state index in [1.807, 2.05) is 67.8 Å². The molecule has 0 fully saturated rings. The van der Waals surface area contributed by atoms with Gasteiger partial charge in [-0.15, -0.1) is 65.4 Å². The number of aryl methyl sites for hydroxylation is 3. The third-order valence-corrected chi connectivity index (χ3v) is 7.16. The summed E-state index contributed by atoms with van der Waals surface area (Å²) < 4.78 is 29.8. The average Bonchev–Trinajstić information content (AvgIpc) is 3.53. The van der Waals surface area contributed by atoms with E-state index in [2.05, 4.69) is 45.5 Å². The number of thiophene rings is 1. The Morgan fingerprint density at radius 3 is 2.55 bits per heavy atom. The number of benzene rings is 2. The van der Waals surface area contributed by atoms with E-state index in [9.17, 15) is 0 Å². The molecule has 0 bridgehead atoms. The Balaban J connectivity index is 0.000000204. The number of furan rings is 1. The Morgan fingerprint density at radius 2 is 1.76 bits per heavy atom. The number of hydrogen-bond acceptors (Lipinski definition) is 5. The Morgan fingerprint density at radius 1 is 0.868 bits per heavy atom. The zero-order valence-corrected chi connectivity index (χ0v) is 23.8. The van der Waals surface area contributed by atoms with Gasteiger partial charge in [0.25, 0.3) is 0 Å². The van der Waals surface area contributed by atoms with Crippen LogP contribution < -0.4 is 0 Å². The molecule has 4 nitrogen and oxygen atoms in total. The summed E-state index contributed by atoms with van der Waals surface area (Å²) in [5.74, 6) is 0. The van der Waals surface area contributed by atoms with Crippen LogP contribution >= 0.6 is 11.3 Å². The SMILES string of the molecule is Cc1ccc(-c2[c-]cccc2)nc1.[2H]C([2H])([2H])c1ccc2c(n1)oc1c(-c3cc4c(C)csc4cn3)[c-]ccc12.[Ir]. The number of aromatic nitrogens is 3. The van der Waals surface area contributed by atoms with Crippen LogP contribution in [0, 0.1) is 32.8 Å². The van der Waals surface area contributed by atoms with Gasteiger partial charge in [-0.05, 0) is 66.1 Å². The van der Waals surface area contributed by atoms with E-state index < -0.39 is 6.85 Å². The van der Waals surface area contributed by atoms with Gasteiger partial charge in [-0.1, -0.05) is 29.1 Å². The predicted molar refractivity (Wildman–Crippen MR) is 152 cm³/mol. The van der Waals surface area contributed by atoms with Crippen LogP contribution in [0.25, 0.3) is 54.7 Å². The van der Waals surface area contributed by atoms with E-state index in [1.54, 1.807) is 17.4 Å². The molecule has 2 aromatic carbocycles. The molecule has 5 heterocycles. The maximum absolute atomic E-state index is 7.55. The first kappa shape index (κ1) is 22.3. The van der Waals surface area contributed by atoms with Crippen molar-refractivity contribution in [1.29, 1.82) is 0 Å². The van der Waals surface area contributed by atoms with E-state index in [1.165, 1.54) is 17.2 Å². The molecule has 0 saturated carbocycles. The Labute approximate surface area is 243 Å². The van der Waals surface area contributed by atoms with Crippen molar-refractivity contribution >= 4 is 43.5 Å². The van der Waals surface area contributed by atoms with Crippen molar-refractivity contribution in [3.8, 4) is 22.5 Å². The van der Waals surface area contributed by atoms with Gasteiger partial charge in [-0.25, -0.2) is 4.98 Å². The van der Waals surface area contributed by atoms with Crippen LogP contribution in [-0.4, -0.2) is 15.0 Å². The zero-order valence-electron chi connectivity index (χ0n) is 23.6. The summed E-state index contributed by atoms with van der Waals surface area (Å²) in [6.45, 7) is 1.84. The molecule has 0 atom stereocenters. The summed E-state index contributed by atoms with van der Waals surface area (Å²) >= 11 is 1.67. The van der Waals surface area contributed by atoms with Crippen LogP contribution in [-0.2, 0) is 20.1 Å². The van der Waals surface area contributed by atoms with Crippen LogP contribution in [0.3, 0.4) is 0 Å². The number of hydrogen-bond donors (Lipinski definition) is 0. The summed E-state index contributed by atoms with van der Waals surface area (Å²) in [6.07, 6.45) is 3.73. The molecule has 0 N–H and O–H groups in total. The number of nitrogens with zero attached hydrogens (tertiary/aromatic N) is 3. The minimum absolute atomic E-state index is 0. The Hall–Kier alpha value is -3.70. The molecule has 0 amide bonds. The standard InChI is InChI=1S/C20H13N2OS.C12H10N.Ir/c1-11-10-24-18-9-21-17(8-16(11)18)15-5-3-4-13-14-7-6-12(2)22-20(14)23-19(13)15;1-10-7-8-12(13-9-10)11-5-3-2-4-6-11;/h3-4,6-10H,1-2H3;2-5,7-9H,1H3;/q2*-1;/i2D3;;. The molecule has 6 heteroatoms. The van der Waals surface area contributed by atoms with Crippen molar-refractivity contribution in [2.45, 2.75) is 20.7 Å². The van der Waals surface area contributed by atoms with Crippen molar-refractivity contribution in [1.82, 2.24) is 15.0 Å². The fraction of sp³-hybridized carbons (Fsp3) is 0.0938. The van der Waals surface area contributed by atoms with Gasteiger partial charge >= 0.3 is 0 Å². The van der Waals surface area contributed by atoms with Gasteiger partial charge in [0.1, 0.15) is 0 Å². The Kier molecular flexibility index (Phi) is 6.43. The summed E-state index contributed by atoms with van der Waals surface area (Å²) in [5, 5.41) is 4.92. The van der Waals surface area contributed by atoms with Gasteiger partial charge in [0.15, 0.2) is 0 Å². The molecule has 38 heavy (non-hydrogen) atoms. The van der Waals surface area contributed by atoms with Crippen molar-refractivity contribution in [2.24, 2.45) is 0 Å². The third kappa shape index (κ3) is 5.03. The van der Waals surface area contributed by atoms with E-state index >= 15 is 0 Å². The van der Waals surface area contributed by atoms with Crippen molar-refractivity contribution in [3.63, 3.8) is 0 Å². The number of pyridine rings is 3. The smallest absolute Gasteiger partial charge is 0.216 e. The van der Waals surface area contributed by atoms with Crippen LogP contribution in [0.15, 0.2) is 88.9 Å². The van der Waals surface area contributed by atoms with E-state index in [4.69, 9.17) is 8.53 Å².